The van der Waals surface area contributed by atoms with E-state index in [1.807, 2.05) is 27.7 Å². The van der Waals surface area contributed by atoms with E-state index in [-0.39, 0.29) is 109 Å². The average molecular weight is 3040 g/mol. The van der Waals surface area contributed by atoms with Gasteiger partial charge in [-0.3, -0.25) is 10.1 Å². The number of benzene rings is 1. The number of nitro benzene ring substituents is 1. The van der Waals surface area contributed by atoms with Crippen molar-refractivity contribution in [1.29, 1.82) is 5.26 Å². The number of nitriles is 1. The molecule has 3 N–H and O–H groups in total. The number of hydrogen-bond acceptors (Lipinski definition) is 33. The van der Waals surface area contributed by atoms with Gasteiger partial charge in [0.1, 0.15) is 31.4 Å². The fourth-order valence-electron chi connectivity index (χ4n) is 12.9. The zero-order chi connectivity index (χ0) is 112. The predicted molar refractivity (Wildman–Crippen MR) is 728 cm³/mol. The minimum Gasteiger partial charge on any atom is -0.857 e. The van der Waals surface area contributed by atoms with Crippen LogP contribution in [0.4, 0.5) is 5.69 Å². The minimum atomic E-state index is -4.38. The largest absolute Gasteiger partial charge is 1.00 e. The Kier molecular flexibility index (Phi) is 109. The molecule has 0 saturated carbocycles. The Morgan fingerprint density at radius 1 is 0.367 bits per heavy atom. The average Bonchev–Trinajstić information content (AvgIpc) is 1.63. The van der Waals surface area contributed by atoms with Gasteiger partial charge in [-0.25, -0.2) is 4.18 Å². The number of non-ortho nitro benzene ring substituents is 1. The van der Waals surface area contributed by atoms with Crippen LogP contribution in [-0.4, -0.2) is 190 Å². The molecule has 30 atom stereocenters. The molecule has 13 rings (SSSR count). The van der Waals surface area contributed by atoms with Gasteiger partial charge in [0.15, 0.2) is 45.1 Å². The fraction of sp³-hybridized carbons (Fsp3) is 0.900. The molecule has 0 spiro atoms. The van der Waals surface area contributed by atoms with Crippen molar-refractivity contribution in [1.82, 2.24) is 0 Å². The molecule has 12 heterocycles. The van der Waals surface area contributed by atoms with Gasteiger partial charge in [0.2, 0.25) is 0 Å². The topological polar surface area (TPSA) is 314 Å². The van der Waals surface area contributed by atoms with Crippen LogP contribution in [0.1, 0.15) is 132 Å². The van der Waals surface area contributed by atoms with E-state index in [4.69, 9.17) is 103 Å². The molecule has 12 fully saturated rings. The first-order valence-corrected chi connectivity index (χ1v) is 108. The van der Waals surface area contributed by atoms with Crippen LogP contribution in [0.2, 0.25) is 37.8 Å². The summed E-state index contributed by atoms with van der Waals surface area (Å²) < 4.78 is 100. The zero-order valence-electron chi connectivity index (χ0n) is 84.2. The van der Waals surface area contributed by atoms with Crippen molar-refractivity contribution in [3.63, 3.8) is 0 Å². The van der Waals surface area contributed by atoms with Crippen LogP contribution in [0.3, 0.4) is 0 Å². The van der Waals surface area contributed by atoms with Gasteiger partial charge in [0, 0.05) is 490 Å². The van der Waals surface area contributed by atoms with E-state index in [0.717, 1.165) is 63.9 Å². The van der Waals surface area contributed by atoms with Crippen LogP contribution < -0.4 is 38.8 Å². The first kappa shape index (κ1) is 163. The summed E-state index contributed by atoms with van der Waals surface area (Å²) in [6, 6.07) is 6.41. The predicted octanol–water partition coefficient (Wildman–Crippen LogP) is 8.63. The van der Waals surface area contributed by atoms with E-state index >= 15 is 0 Å². The van der Waals surface area contributed by atoms with E-state index in [1.165, 1.54) is 108 Å². The summed E-state index contributed by atoms with van der Waals surface area (Å²) >= 11 is 58.2. The normalized spacial score (nSPS) is 29.9. The summed E-state index contributed by atoms with van der Waals surface area (Å²) in [5, 5.41) is 52.7. The summed E-state index contributed by atoms with van der Waals surface area (Å²) in [6.07, 6.45) is -1.35. The van der Waals surface area contributed by atoms with E-state index < -0.39 is 48.6 Å². The molecule has 0 radical (unpaired) electrons. The second-order valence-electron chi connectivity index (χ2n) is 33.5. The molecule has 147 heavy (non-hydrogen) atoms. The number of nitrogens with zero attached hydrogens (tertiary/aromatic N) is 2. The molecule has 12 saturated heterocycles. The molecule has 0 aromatic heterocycles. The molecular formula is C70H127Cl2N2NaO22S48Si2. The maximum Gasteiger partial charge on any atom is 1.00 e. The van der Waals surface area contributed by atoms with E-state index in [1.54, 1.807) is 246 Å². The second-order valence-corrected chi connectivity index (χ2v) is 115. The number of fused-ring (bicyclic) bond motifs is 12. The molecule has 24 nitrogen and oxygen atoms in total. The monoisotopic (exact) mass is 3030 g/mol. The SMILES string of the molecule is CC#N.CC(C)(C)[Si](C)(C)Cl.CC1[C@@H]2OCC(O2)[C@@H](C)[C@@H]1C.CC1[C@@H]2OCC(O2)[C@@H](C)[C@@H]1C.CC1[C@@H]2OCC(O2)[C@@H](C)[C@@H]1C.CC1[C@@H]2OCC(O2)[C@@H](O)[C@@H]1C.CO.C[C@@H]1C2CO[C@H](O2)C(O)[C@H]1C.C[C@@H]1C2CO[C@H](O2)C(OS(=O)(=O)Oc2ccc([N+](=O)[O-])cc2)[C@H]1C.C[O-].C[Si](C)(C)Cl.S=S=S=S=S=S=S=S.S=S=S=S=S=S=S=S=S.S=S=S=S=S=S=S=S=S.S=S=S=S=S=S=S=S=S=S.S=S=S=S=S=S=S=S=S=S=S.[Na+]. The number of aliphatic hydroxyl groups is 3. The molecule has 0 amide bonds. The molecular weight excluding hydrogens is 2910 g/mol. The molecule has 12 bridgehead atoms. The Morgan fingerprint density at radius 2 is 0.558 bits per heavy atom. The van der Waals surface area contributed by atoms with Crippen molar-refractivity contribution in [2.75, 3.05) is 53.9 Å². The number of aliphatic hydroxyl groups excluding tert-OH is 3. The Hall–Kier alpha value is 9.53. The summed E-state index contributed by atoms with van der Waals surface area (Å²) in [7, 11) is 52.9. The van der Waals surface area contributed by atoms with Crippen LogP contribution in [0.5, 0.6) is 5.75 Å². The quantitative estimate of drug-likeness (QED) is 0.107. The van der Waals surface area contributed by atoms with Gasteiger partial charge in [-0.15, -0.1) is 0 Å². The summed E-state index contributed by atoms with van der Waals surface area (Å²) in [4.78, 5) is 10.0. The van der Waals surface area contributed by atoms with Crippen LogP contribution in [-0.2, 0) is 512 Å². The maximum absolute atomic E-state index is 12.1. The van der Waals surface area contributed by atoms with Crippen molar-refractivity contribution in [3.05, 3.63) is 34.4 Å². The maximum atomic E-state index is 12.1. The number of rotatable bonds is 5. The van der Waals surface area contributed by atoms with Crippen molar-refractivity contribution in [2.45, 2.75) is 262 Å². The van der Waals surface area contributed by atoms with Crippen LogP contribution in [0, 0.1) is 110 Å². The van der Waals surface area contributed by atoms with E-state index in [2.05, 4.69) is 242 Å². The van der Waals surface area contributed by atoms with Crippen molar-refractivity contribution in [2.24, 2.45) is 88.8 Å². The van der Waals surface area contributed by atoms with Crippen LogP contribution >= 0.6 is 22.2 Å². The molecule has 1 aromatic carbocycles. The second kappa shape index (κ2) is 98.1. The zero-order valence-corrected chi connectivity index (χ0v) is 129. The Morgan fingerprint density at radius 3 is 0.803 bits per heavy atom. The van der Waals surface area contributed by atoms with Gasteiger partial charge in [-0.2, -0.15) is 42.9 Å². The standard InChI is InChI=1S/C14H17NO8S.3C9H16O2.2C8H14O3.C6H15ClSi.C3H9ClSi.C2H3N.CH4O.CH3O.Na.S11.S10.2S9.S8/c1-8-9(2)13(14-20-7-12(8)21-14)23-24(18,19)22-11-5-3-10(4-6-11)15(16)17;3*1-5-6(2)8-4-10-9(11-8)7(5)3;1-4-5(2)8-10-3-6(11-8)7(4)9;1-4-5(2)7(9)8-10-3-6(4)11-8;1-6(2,3)8(4,5)7;1-5(2,3)4;1-2-3;2*1-2;;1-3-5-7-9-11-10-8-6-4-2;1-3-5-7-9-10-8-6-4-2;2*1-3-5-7-9-8-6-4-2;1-3-5-7-8-6-4-2/h3-6,8-9,12-14H,7H2,1-2H3;3*5-9H,4H2,1-3H3;2*4-9H,3H2,1-2H3;1-5H3;1-3H3;1H3;2H,1H3;1H3;;;;;;/q;;;;;;;;;;-1;+1;;;;;/t8-,9-,12?,13?,14+;3*5-,6-,7?,8?,9+;4-,5?,6?,7+,8-;4-,5-,6?,7?,8+;;;;;;;;;;;/m000010.........../s1. The molecule has 860 valence electrons. The number of halogens is 2. The van der Waals surface area contributed by atoms with Gasteiger partial charge in [-0.05, 0) is 82.3 Å². The number of nitro groups is 1. The van der Waals surface area contributed by atoms with Gasteiger partial charge in [0.05, 0.1) is 87.3 Å². The van der Waals surface area contributed by atoms with Gasteiger partial charge >= 0.3 is 40.0 Å². The van der Waals surface area contributed by atoms with Gasteiger partial charge < -0.3 is 81.5 Å². The Labute approximate surface area is 1060 Å². The number of hydrogen-bond donors (Lipinski definition) is 3. The molecule has 0 aliphatic carbocycles. The summed E-state index contributed by atoms with van der Waals surface area (Å²) in [5.41, 5.74) is -0.172. The molecule has 1 aromatic rings. The molecule has 12 aliphatic rings. The molecule has 12 aliphatic heterocycles. The van der Waals surface area contributed by atoms with Crippen molar-refractivity contribution < 1.29 is 129 Å². The van der Waals surface area contributed by atoms with E-state index in [0.29, 0.717) is 102 Å². The van der Waals surface area contributed by atoms with Gasteiger partial charge in [-0.1, -0.05) is 157 Å². The fourth-order valence-corrected chi connectivity index (χ4v) is 87.9. The summed E-state index contributed by atoms with van der Waals surface area (Å²) in [6.45, 7) is 55.1. The molecule has 77 heteroatoms. The minimum absolute atomic E-state index is 0. The first-order valence-electron chi connectivity index (χ1n) is 42.3. The molecule has 12 unspecified atom stereocenters. The first-order chi connectivity index (χ1) is 69.0. The van der Waals surface area contributed by atoms with Crippen molar-refractivity contribution in [3.8, 4) is 11.8 Å². The number of ether oxygens (including phenoxy) is 12. The van der Waals surface area contributed by atoms with Crippen LogP contribution in [0.15, 0.2) is 24.3 Å². The Bertz CT molecular complexity index is 5530. The van der Waals surface area contributed by atoms with Crippen molar-refractivity contribution >= 4 is 493 Å². The summed E-state index contributed by atoms with van der Waals surface area (Å²) in [5.74, 6) is 7.05. The Balaban J connectivity index is -0.000000761. The van der Waals surface area contributed by atoms with Crippen LogP contribution in [0.25, 0.3) is 0 Å². The third-order valence-corrected chi connectivity index (χ3v) is 100. The third kappa shape index (κ3) is 72.7. The van der Waals surface area contributed by atoms with Gasteiger partial charge in [0.25, 0.3) is 5.69 Å². The third-order valence-electron chi connectivity index (χ3n) is 23.2. The van der Waals surface area contributed by atoms with E-state index in [9.17, 15) is 28.7 Å². The smallest absolute Gasteiger partial charge is 0.857 e.